The van der Waals surface area contributed by atoms with Crippen molar-refractivity contribution >= 4 is 29.2 Å². The maximum Gasteiger partial charge on any atom is 0.170 e. The summed E-state index contributed by atoms with van der Waals surface area (Å²) in [6.45, 7) is 10.1. The molecule has 196 valence electrons. The van der Waals surface area contributed by atoms with E-state index in [-0.39, 0.29) is 0 Å². The number of imidazole rings is 2. The lowest BCUT2D eigenvalue weighted by molar-refractivity contribution is 0.111. The van der Waals surface area contributed by atoms with Crippen molar-refractivity contribution in [3.63, 3.8) is 0 Å². The van der Waals surface area contributed by atoms with E-state index in [1.165, 1.54) is 0 Å². The molecule has 37 heavy (non-hydrogen) atoms. The van der Waals surface area contributed by atoms with E-state index in [1.54, 1.807) is 13.1 Å². The molecule has 1 unspecified atom stereocenters. The molecule has 1 atom stereocenters. The Morgan fingerprint density at radius 3 is 1.73 bits per heavy atom. The van der Waals surface area contributed by atoms with E-state index in [0.717, 1.165) is 87.3 Å². The van der Waals surface area contributed by atoms with Gasteiger partial charge in [-0.1, -0.05) is 12.1 Å². The third kappa shape index (κ3) is 5.46. The van der Waals surface area contributed by atoms with Gasteiger partial charge >= 0.3 is 0 Å². The number of aliphatic hydroxyl groups is 1. The number of carbonyl (C=O) groups excluding carboxylic acids is 1. The van der Waals surface area contributed by atoms with Gasteiger partial charge in [0.2, 0.25) is 0 Å². The molecule has 0 radical (unpaired) electrons. The fourth-order valence-corrected chi connectivity index (χ4v) is 4.87. The van der Waals surface area contributed by atoms with Crippen LogP contribution in [0.3, 0.4) is 0 Å². The molecule has 6 rings (SSSR count). The number of rotatable bonds is 4. The summed E-state index contributed by atoms with van der Waals surface area (Å²) in [5, 5.41) is 9.66. The lowest BCUT2D eigenvalue weighted by Gasteiger charge is -2.34. The molecule has 0 bridgehead atoms. The molecule has 0 aliphatic carbocycles. The summed E-state index contributed by atoms with van der Waals surface area (Å²) in [6, 6.07) is 12.1. The van der Waals surface area contributed by atoms with Gasteiger partial charge in [0.1, 0.15) is 28.6 Å². The molecule has 4 aromatic rings. The lowest BCUT2D eigenvalue weighted by atomic mass is 10.3. The van der Waals surface area contributed by atoms with Gasteiger partial charge in [-0.05, 0) is 45.3 Å². The van der Waals surface area contributed by atoms with E-state index < -0.39 is 6.10 Å². The highest BCUT2D eigenvalue weighted by Crippen LogP contribution is 2.22. The Morgan fingerprint density at radius 1 is 0.757 bits per heavy atom. The molecule has 10 nitrogen and oxygen atoms in total. The van der Waals surface area contributed by atoms with E-state index >= 15 is 0 Å². The zero-order valence-electron chi connectivity index (χ0n) is 21.9. The third-order valence-electron chi connectivity index (χ3n) is 7.18. The smallest absolute Gasteiger partial charge is 0.170 e. The summed E-state index contributed by atoms with van der Waals surface area (Å²) in [7, 11) is 4.29. The van der Waals surface area contributed by atoms with Gasteiger partial charge in [-0.2, -0.15) is 0 Å². The molecule has 0 aromatic carbocycles. The van der Waals surface area contributed by atoms with Crippen molar-refractivity contribution in [2.75, 3.05) is 76.3 Å². The van der Waals surface area contributed by atoms with Crippen LogP contribution in [-0.4, -0.2) is 106 Å². The van der Waals surface area contributed by atoms with E-state index in [1.807, 2.05) is 34.9 Å². The Morgan fingerprint density at radius 2 is 1.24 bits per heavy atom. The molecule has 6 heterocycles. The number of likely N-dealkylation sites (N-methyl/N-ethyl adjacent to an activating group) is 2. The highest BCUT2D eigenvalue weighted by atomic mass is 16.3. The predicted octanol–water partition coefficient (Wildman–Crippen LogP) is 2.04. The van der Waals surface area contributed by atoms with Gasteiger partial charge in [-0.25, -0.2) is 9.97 Å². The highest BCUT2D eigenvalue weighted by molar-refractivity contribution is 5.74. The number of aldehydes is 1. The van der Waals surface area contributed by atoms with Crippen molar-refractivity contribution in [1.29, 1.82) is 0 Å². The number of pyridine rings is 2. The second-order valence-electron chi connectivity index (χ2n) is 9.93. The fraction of sp³-hybridized carbons (Fsp3) is 0.444. The number of hydrogen-bond donors (Lipinski definition) is 1. The molecular formula is C27H36N8O2. The lowest BCUT2D eigenvalue weighted by Crippen LogP contribution is -2.45. The van der Waals surface area contributed by atoms with Crippen LogP contribution in [0.15, 0.2) is 48.8 Å². The van der Waals surface area contributed by atoms with Gasteiger partial charge in [-0.3, -0.25) is 13.6 Å². The number of piperazine rings is 2. The van der Waals surface area contributed by atoms with Crippen molar-refractivity contribution in [3.8, 4) is 0 Å². The number of carbonyl (C=O) groups is 1. The molecule has 0 spiro atoms. The minimum absolute atomic E-state index is 0.483. The van der Waals surface area contributed by atoms with Gasteiger partial charge < -0.3 is 24.7 Å². The Labute approximate surface area is 217 Å². The van der Waals surface area contributed by atoms with Crippen molar-refractivity contribution in [2.24, 2.45) is 0 Å². The minimum Gasteiger partial charge on any atom is -0.387 e. The maximum atomic E-state index is 10.8. The van der Waals surface area contributed by atoms with Gasteiger partial charge in [0.25, 0.3) is 0 Å². The molecule has 2 aliphatic heterocycles. The normalized spacial score (nSPS) is 18.2. The second kappa shape index (κ2) is 10.9. The summed E-state index contributed by atoms with van der Waals surface area (Å²) in [5.41, 5.74) is 2.93. The Bertz CT molecular complexity index is 1350. The summed E-state index contributed by atoms with van der Waals surface area (Å²) in [4.78, 5) is 28.9. The van der Waals surface area contributed by atoms with Crippen molar-refractivity contribution < 1.29 is 9.90 Å². The van der Waals surface area contributed by atoms with Crippen molar-refractivity contribution in [2.45, 2.75) is 13.0 Å². The van der Waals surface area contributed by atoms with Crippen LogP contribution in [0, 0.1) is 0 Å². The maximum absolute atomic E-state index is 10.8. The minimum atomic E-state index is -0.528. The van der Waals surface area contributed by atoms with E-state index in [4.69, 9.17) is 0 Å². The molecule has 4 aromatic heterocycles. The number of fused-ring (bicyclic) bond motifs is 2. The van der Waals surface area contributed by atoms with Gasteiger partial charge in [0.15, 0.2) is 6.29 Å². The largest absolute Gasteiger partial charge is 0.387 e. The van der Waals surface area contributed by atoms with Crippen LogP contribution in [-0.2, 0) is 0 Å². The molecule has 10 heteroatoms. The van der Waals surface area contributed by atoms with E-state index in [2.05, 4.69) is 60.2 Å². The zero-order valence-corrected chi connectivity index (χ0v) is 21.9. The number of hydrogen-bond acceptors (Lipinski definition) is 8. The fourth-order valence-electron chi connectivity index (χ4n) is 4.87. The number of anilines is 2. The molecule has 2 aliphatic rings. The summed E-state index contributed by atoms with van der Waals surface area (Å²) in [5.74, 6) is 2.27. The first kappa shape index (κ1) is 25.2. The van der Waals surface area contributed by atoms with E-state index in [0.29, 0.717) is 5.69 Å². The van der Waals surface area contributed by atoms with Crippen LogP contribution in [0.1, 0.15) is 29.2 Å². The number of nitrogens with zero attached hydrogens (tertiary/aromatic N) is 8. The van der Waals surface area contributed by atoms with Crippen LogP contribution in [0.2, 0.25) is 0 Å². The molecule has 2 saturated heterocycles. The van der Waals surface area contributed by atoms with Gasteiger partial charge in [0, 0.05) is 64.8 Å². The molecule has 1 N–H and O–H groups in total. The summed E-state index contributed by atoms with van der Waals surface area (Å²) < 4.78 is 4.07. The van der Waals surface area contributed by atoms with Crippen LogP contribution < -0.4 is 9.80 Å². The third-order valence-corrected chi connectivity index (χ3v) is 7.18. The van der Waals surface area contributed by atoms with E-state index in [9.17, 15) is 9.90 Å². The van der Waals surface area contributed by atoms with Crippen LogP contribution in [0.25, 0.3) is 11.3 Å². The molecule has 2 fully saturated rings. The first-order valence-electron chi connectivity index (χ1n) is 12.9. The molecule has 0 saturated carbocycles. The quantitative estimate of drug-likeness (QED) is 0.423. The Balaban J connectivity index is 0.000000152. The molecular weight excluding hydrogens is 468 g/mol. The van der Waals surface area contributed by atoms with Crippen LogP contribution >= 0.6 is 0 Å². The first-order chi connectivity index (χ1) is 17.9. The Hall–Kier alpha value is -3.47. The van der Waals surface area contributed by atoms with Crippen molar-refractivity contribution in [1.82, 2.24) is 28.6 Å². The highest BCUT2D eigenvalue weighted by Gasteiger charge is 2.18. The topological polar surface area (TPSA) is 84.9 Å². The number of aromatic nitrogens is 4. The second-order valence-corrected chi connectivity index (χ2v) is 9.93. The van der Waals surface area contributed by atoms with Gasteiger partial charge in [0.05, 0.1) is 11.8 Å². The average Bonchev–Trinajstić information content (AvgIpc) is 3.54. The average molecular weight is 505 g/mol. The first-order valence-corrected chi connectivity index (χ1v) is 12.9. The van der Waals surface area contributed by atoms with Gasteiger partial charge in [-0.15, -0.1) is 0 Å². The molecule has 0 amide bonds. The van der Waals surface area contributed by atoms with Crippen LogP contribution in [0.4, 0.5) is 11.6 Å². The monoisotopic (exact) mass is 504 g/mol. The predicted molar refractivity (Wildman–Crippen MR) is 146 cm³/mol. The standard InChI is InChI=1S/C14H20N4O.C13H16N4O/c1-11(19)12-10-18-13(15-12)4-3-5-14(18)17-8-6-16(2)7-9-17;1-15-5-7-16(8-6-15)13-4-2-3-12-14-11(10-18)9-17(12)13/h3-5,10-11,19H,6-9H2,1-2H3;2-4,9-10H,5-8H2,1H3. The van der Waals surface area contributed by atoms with Crippen LogP contribution in [0.5, 0.6) is 0 Å². The number of aliphatic hydroxyl groups excluding tert-OH is 1. The Kier molecular flexibility index (Phi) is 7.40. The van der Waals surface area contributed by atoms with Crippen molar-refractivity contribution in [3.05, 3.63) is 60.2 Å². The summed E-state index contributed by atoms with van der Waals surface area (Å²) in [6.07, 6.45) is 4.00. The SMILES string of the molecule is CC(O)c1cn2c(N3CCN(C)CC3)cccc2n1.CN1CCN(c2cccc3nc(C=O)cn23)CC1. The zero-order chi connectivity index (χ0) is 25.9. The summed E-state index contributed by atoms with van der Waals surface area (Å²) >= 11 is 0.